The summed E-state index contributed by atoms with van der Waals surface area (Å²) in [4.78, 5) is 14.7. The van der Waals surface area contributed by atoms with Crippen LogP contribution >= 0.6 is 0 Å². The Bertz CT molecular complexity index is 538. The molecule has 2 unspecified atom stereocenters. The van der Waals surface area contributed by atoms with Gasteiger partial charge in [0.15, 0.2) is 0 Å². The van der Waals surface area contributed by atoms with E-state index in [0.29, 0.717) is 6.61 Å². The van der Waals surface area contributed by atoms with Gasteiger partial charge in [-0.25, -0.2) is 0 Å². The Kier molecular flexibility index (Phi) is 4.79. The van der Waals surface area contributed by atoms with Gasteiger partial charge in [0.25, 0.3) is 5.91 Å². The van der Waals surface area contributed by atoms with Crippen LogP contribution in [0, 0.1) is 0 Å². The maximum absolute atomic E-state index is 12.7. The molecule has 0 saturated carbocycles. The first-order chi connectivity index (χ1) is 10.7. The van der Waals surface area contributed by atoms with Crippen LogP contribution in [0.4, 0.5) is 5.69 Å². The maximum Gasteiger partial charge on any atom is 0.256 e. The number of amides is 1. The van der Waals surface area contributed by atoms with Crippen molar-refractivity contribution >= 4 is 11.6 Å². The fraction of sp³-hybridized carbons (Fsp3) is 0.611. The number of unbranched alkanes of at least 4 members (excludes halogenated alkanes) is 1. The maximum atomic E-state index is 12.7. The SMILES string of the molecule is CC1Cc2cc(CCCCN)ccc2N1C(=O)C1CCCO1. The van der Waals surface area contributed by atoms with Crippen molar-refractivity contribution in [2.45, 2.75) is 57.6 Å². The molecule has 0 aliphatic carbocycles. The van der Waals surface area contributed by atoms with Crippen molar-refractivity contribution in [3.05, 3.63) is 29.3 Å². The van der Waals surface area contributed by atoms with E-state index in [1.165, 1.54) is 11.1 Å². The monoisotopic (exact) mass is 302 g/mol. The largest absolute Gasteiger partial charge is 0.368 e. The minimum absolute atomic E-state index is 0.139. The first-order valence-electron chi connectivity index (χ1n) is 8.47. The van der Waals surface area contributed by atoms with Gasteiger partial charge in [0.2, 0.25) is 0 Å². The minimum Gasteiger partial charge on any atom is -0.368 e. The van der Waals surface area contributed by atoms with E-state index in [-0.39, 0.29) is 18.1 Å². The molecule has 1 saturated heterocycles. The number of rotatable bonds is 5. The highest BCUT2D eigenvalue weighted by atomic mass is 16.5. The molecule has 0 aromatic heterocycles. The number of nitrogens with zero attached hydrogens (tertiary/aromatic N) is 1. The van der Waals surface area contributed by atoms with Crippen molar-refractivity contribution in [2.75, 3.05) is 18.1 Å². The molecule has 1 aromatic rings. The van der Waals surface area contributed by atoms with Gasteiger partial charge in [-0.05, 0) is 69.2 Å². The summed E-state index contributed by atoms with van der Waals surface area (Å²) in [7, 11) is 0. The van der Waals surface area contributed by atoms with Gasteiger partial charge in [-0.2, -0.15) is 0 Å². The average Bonchev–Trinajstić information content (AvgIpc) is 3.13. The Labute approximate surface area is 132 Å². The molecular formula is C18H26N2O2. The number of carbonyl (C=O) groups excluding carboxylic acids is 1. The molecular weight excluding hydrogens is 276 g/mol. The van der Waals surface area contributed by atoms with Gasteiger partial charge in [0, 0.05) is 18.3 Å². The van der Waals surface area contributed by atoms with Crippen LogP contribution < -0.4 is 10.6 Å². The predicted molar refractivity (Wildman–Crippen MR) is 88.1 cm³/mol. The van der Waals surface area contributed by atoms with Gasteiger partial charge in [-0.1, -0.05) is 12.1 Å². The van der Waals surface area contributed by atoms with Crippen molar-refractivity contribution < 1.29 is 9.53 Å². The summed E-state index contributed by atoms with van der Waals surface area (Å²) in [5.41, 5.74) is 9.28. The number of anilines is 1. The van der Waals surface area contributed by atoms with Gasteiger partial charge >= 0.3 is 0 Å². The zero-order chi connectivity index (χ0) is 15.5. The molecule has 1 aromatic carbocycles. The van der Waals surface area contributed by atoms with Crippen LogP contribution in [0.15, 0.2) is 18.2 Å². The zero-order valence-corrected chi connectivity index (χ0v) is 13.4. The standard InChI is InChI=1S/C18H26N2O2/c1-13-11-15-12-14(5-2-3-9-19)7-8-16(15)20(13)18(21)17-6-4-10-22-17/h7-8,12-13,17H,2-6,9-11,19H2,1H3. The summed E-state index contributed by atoms with van der Waals surface area (Å²) >= 11 is 0. The molecule has 4 heteroatoms. The van der Waals surface area contributed by atoms with E-state index in [0.717, 1.165) is 50.8 Å². The molecule has 4 nitrogen and oxygen atoms in total. The topological polar surface area (TPSA) is 55.6 Å². The third-order valence-electron chi connectivity index (χ3n) is 4.72. The molecule has 2 N–H and O–H groups in total. The van der Waals surface area contributed by atoms with Crippen molar-refractivity contribution in [3.63, 3.8) is 0 Å². The van der Waals surface area contributed by atoms with E-state index in [4.69, 9.17) is 10.5 Å². The van der Waals surface area contributed by atoms with Gasteiger partial charge in [-0.3, -0.25) is 4.79 Å². The number of benzene rings is 1. The second kappa shape index (κ2) is 6.80. The van der Waals surface area contributed by atoms with Crippen LogP contribution in [0.25, 0.3) is 0 Å². The highest BCUT2D eigenvalue weighted by molar-refractivity contribution is 5.99. The summed E-state index contributed by atoms with van der Waals surface area (Å²) in [5.74, 6) is 0.139. The first-order valence-corrected chi connectivity index (χ1v) is 8.47. The molecule has 2 aliphatic heterocycles. The van der Waals surface area contributed by atoms with Crippen LogP contribution in [0.1, 0.15) is 43.7 Å². The van der Waals surface area contributed by atoms with Crippen molar-refractivity contribution in [2.24, 2.45) is 5.73 Å². The van der Waals surface area contributed by atoms with Gasteiger partial charge in [0.1, 0.15) is 6.10 Å². The number of aryl methyl sites for hydroxylation is 1. The third kappa shape index (κ3) is 3.03. The fourth-order valence-electron chi connectivity index (χ4n) is 3.58. The van der Waals surface area contributed by atoms with Crippen molar-refractivity contribution in [1.82, 2.24) is 0 Å². The molecule has 3 rings (SSSR count). The molecule has 22 heavy (non-hydrogen) atoms. The quantitative estimate of drug-likeness (QED) is 0.850. The normalized spacial score (nSPS) is 23.8. The Morgan fingerprint density at radius 1 is 1.41 bits per heavy atom. The molecule has 120 valence electrons. The van der Waals surface area contributed by atoms with Crippen LogP contribution in [0.3, 0.4) is 0 Å². The van der Waals surface area contributed by atoms with E-state index in [9.17, 15) is 4.79 Å². The number of fused-ring (bicyclic) bond motifs is 1. The predicted octanol–water partition coefficient (Wildman–Crippen LogP) is 2.42. The second-order valence-electron chi connectivity index (χ2n) is 6.47. The molecule has 0 spiro atoms. The molecule has 2 atom stereocenters. The van der Waals surface area contributed by atoms with E-state index < -0.39 is 0 Å². The van der Waals surface area contributed by atoms with Gasteiger partial charge in [0.05, 0.1) is 0 Å². The van der Waals surface area contributed by atoms with Crippen LogP contribution in [0.2, 0.25) is 0 Å². The highest BCUT2D eigenvalue weighted by Crippen LogP contribution is 2.34. The number of hydrogen-bond acceptors (Lipinski definition) is 3. The number of hydrogen-bond donors (Lipinski definition) is 1. The summed E-state index contributed by atoms with van der Waals surface area (Å²) < 4.78 is 5.58. The Morgan fingerprint density at radius 2 is 2.27 bits per heavy atom. The van der Waals surface area contributed by atoms with E-state index >= 15 is 0 Å². The minimum atomic E-state index is -0.238. The Morgan fingerprint density at radius 3 is 3.00 bits per heavy atom. The molecule has 1 amide bonds. The summed E-state index contributed by atoms with van der Waals surface area (Å²) in [6.45, 7) is 3.60. The summed E-state index contributed by atoms with van der Waals surface area (Å²) in [6.07, 6.45) is 5.81. The van der Waals surface area contributed by atoms with Crippen LogP contribution in [-0.4, -0.2) is 31.2 Å². The summed E-state index contributed by atoms with van der Waals surface area (Å²) in [6, 6.07) is 6.77. The fourth-order valence-corrected chi connectivity index (χ4v) is 3.58. The van der Waals surface area contributed by atoms with Gasteiger partial charge in [-0.15, -0.1) is 0 Å². The van der Waals surface area contributed by atoms with Crippen molar-refractivity contribution in [3.8, 4) is 0 Å². The zero-order valence-electron chi connectivity index (χ0n) is 13.4. The smallest absolute Gasteiger partial charge is 0.256 e. The van der Waals surface area contributed by atoms with Crippen molar-refractivity contribution in [1.29, 1.82) is 0 Å². The van der Waals surface area contributed by atoms with E-state index in [2.05, 4.69) is 25.1 Å². The molecule has 0 radical (unpaired) electrons. The first kappa shape index (κ1) is 15.5. The Balaban J connectivity index is 1.75. The summed E-state index contributed by atoms with van der Waals surface area (Å²) in [5, 5.41) is 0. The third-order valence-corrected chi connectivity index (χ3v) is 4.72. The Hall–Kier alpha value is -1.39. The van der Waals surface area contributed by atoms with Gasteiger partial charge < -0.3 is 15.4 Å². The average molecular weight is 302 g/mol. The number of ether oxygens (including phenoxy) is 1. The number of carbonyl (C=O) groups is 1. The lowest BCUT2D eigenvalue weighted by Crippen LogP contribution is -2.42. The lowest BCUT2D eigenvalue weighted by molar-refractivity contribution is -0.127. The number of nitrogens with two attached hydrogens (primary N) is 1. The van der Waals surface area contributed by atoms with Crippen LogP contribution in [0.5, 0.6) is 0 Å². The second-order valence-corrected chi connectivity index (χ2v) is 6.47. The molecule has 2 aliphatic rings. The van der Waals surface area contributed by atoms with E-state index in [1.54, 1.807) is 0 Å². The molecule has 1 fully saturated rings. The molecule has 0 bridgehead atoms. The lowest BCUT2D eigenvalue weighted by atomic mass is 10.0. The van der Waals surface area contributed by atoms with E-state index in [1.807, 2.05) is 4.90 Å². The highest BCUT2D eigenvalue weighted by Gasteiger charge is 2.36. The molecule has 2 heterocycles. The van der Waals surface area contributed by atoms with Crippen LogP contribution in [-0.2, 0) is 22.4 Å². The lowest BCUT2D eigenvalue weighted by Gasteiger charge is -2.25.